The molecule has 0 N–H and O–H groups in total. The Labute approximate surface area is 88.1 Å². The molecular weight excluding hydrogens is 198 g/mol. The van der Waals surface area contributed by atoms with E-state index in [4.69, 9.17) is 0 Å². The number of halogens is 2. The van der Waals surface area contributed by atoms with Crippen molar-refractivity contribution in [2.24, 2.45) is 0 Å². The molecule has 0 fully saturated rings. The van der Waals surface area contributed by atoms with E-state index in [1.807, 2.05) is 6.92 Å². The van der Waals surface area contributed by atoms with Crippen molar-refractivity contribution in [3.63, 3.8) is 0 Å². The van der Waals surface area contributed by atoms with Crippen LogP contribution in [0, 0.1) is 11.6 Å². The summed E-state index contributed by atoms with van der Waals surface area (Å²) in [5.41, 5.74) is -0.00694. The van der Waals surface area contributed by atoms with Crippen molar-refractivity contribution in [1.29, 1.82) is 0 Å². The average Bonchev–Trinajstić information content (AvgIpc) is 2.17. The fourth-order valence-corrected chi connectivity index (χ4v) is 1.39. The molecule has 1 aromatic carbocycles. The third-order valence-corrected chi connectivity index (χ3v) is 2.24. The number of rotatable bonds is 5. The maximum atomic E-state index is 13.1. The van der Waals surface area contributed by atoms with E-state index in [0.29, 0.717) is 6.42 Å². The first-order chi connectivity index (χ1) is 7.15. The zero-order chi connectivity index (χ0) is 11.3. The van der Waals surface area contributed by atoms with Crippen LogP contribution < -0.4 is 0 Å². The van der Waals surface area contributed by atoms with Crippen LogP contribution in [0.3, 0.4) is 0 Å². The lowest BCUT2D eigenvalue weighted by Gasteiger charge is -2.02. The van der Waals surface area contributed by atoms with Crippen molar-refractivity contribution in [3.8, 4) is 0 Å². The molecule has 0 unspecified atom stereocenters. The van der Waals surface area contributed by atoms with Crippen LogP contribution in [-0.2, 0) is 0 Å². The third kappa shape index (κ3) is 3.42. The maximum Gasteiger partial charge on any atom is 0.165 e. The second-order valence-corrected chi connectivity index (χ2v) is 3.50. The highest BCUT2D eigenvalue weighted by Gasteiger charge is 2.11. The van der Waals surface area contributed by atoms with E-state index in [9.17, 15) is 13.6 Å². The molecule has 0 spiro atoms. The van der Waals surface area contributed by atoms with Crippen molar-refractivity contribution in [2.75, 3.05) is 0 Å². The Balaban J connectivity index is 2.65. The van der Waals surface area contributed by atoms with E-state index in [1.54, 1.807) is 0 Å². The van der Waals surface area contributed by atoms with Gasteiger partial charge in [0, 0.05) is 12.5 Å². The Kier molecular flexibility index (Phi) is 4.40. The quantitative estimate of drug-likeness (QED) is 0.537. The minimum atomic E-state index is -0.767. The molecule has 0 bridgehead atoms. The standard InChI is InChI=1S/C12H14F2O/c1-2-3-4-5-12(15)10-7-6-9(13)8-11(10)14/h6-8H,2-5H2,1H3. The molecule has 3 heteroatoms. The summed E-state index contributed by atoms with van der Waals surface area (Å²) < 4.78 is 25.7. The van der Waals surface area contributed by atoms with Gasteiger partial charge < -0.3 is 0 Å². The minimum absolute atomic E-state index is 0.00694. The fraction of sp³-hybridized carbons (Fsp3) is 0.417. The number of hydrogen-bond donors (Lipinski definition) is 0. The lowest BCUT2D eigenvalue weighted by atomic mass is 10.0. The van der Waals surface area contributed by atoms with E-state index in [2.05, 4.69) is 0 Å². The molecule has 0 aromatic heterocycles. The Hall–Kier alpha value is -1.25. The van der Waals surface area contributed by atoms with Gasteiger partial charge in [0.05, 0.1) is 5.56 Å². The zero-order valence-electron chi connectivity index (χ0n) is 8.72. The fourth-order valence-electron chi connectivity index (χ4n) is 1.39. The molecule has 0 atom stereocenters. The van der Waals surface area contributed by atoms with Gasteiger partial charge in [0.1, 0.15) is 11.6 Å². The molecule has 82 valence electrons. The van der Waals surface area contributed by atoms with Gasteiger partial charge in [0.25, 0.3) is 0 Å². The third-order valence-electron chi connectivity index (χ3n) is 2.24. The van der Waals surface area contributed by atoms with E-state index in [1.165, 1.54) is 6.07 Å². The molecule has 0 heterocycles. The summed E-state index contributed by atoms with van der Waals surface area (Å²) in [6, 6.07) is 3.06. The summed E-state index contributed by atoms with van der Waals surface area (Å²) in [4.78, 5) is 11.5. The molecule has 1 aromatic rings. The molecule has 0 radical (unpaired) electrons. The second kappa shape index (κ2) is 5.59. The highest BCUT2D eigenvalue weighted by Crippen LogP contribution is 2.13. The van der Waals surface area contributed by atoms with Gasteiger partial charge in [-0.1, -0.05) is 19.8 Å². The summed E-state index contributed by atoms with van der Waals surface area (Å²) in [6.45, 7) is 2.03. The Morgan fingerprint density at radius 1 is 1.27 bits per heavy atom. The van der Waals surface area contributed by atoms with Gasteiger partial charge in [-0.25, -0.2) is 8.78 Å². The normalized spacial score (nSPS) is 10.3. The summed E-state index contributed by atoms with van der Waals surface area (Å²) >= 11 is 0. The van der Waals surface area contributed by atoms with E-state index in [0.717, 1.165) is 31.4 Å². The van der Waals surface area contributed by atoms with Crippen LogP contribution in [0.5, 0.6) is 0 Å². The molecular formula is C12H14F2O. The Morgan fingerprint density at radius 3 is 2.60 bits per heavy atom. The van der Waals surface area contributed by atoms with Crippen LogP contribution in [0.2, 0.25) is 0 Å². The van der Waals surface area contributed by atoms with Crippen molar-refractivity contribution in [3.05, 3.63) is 35.4 Å². The van der Waals surface area contributed by atoms with Gasteiger partial charge in [-0.3, -0.25) is 4.79 Å². The lowest BCUT2D eigenvalue weighted by molar-refractivity contribution is 0.0975. The number of ketones is 1. The molecule has 0 saturated carbocycles. The Morgan fingerprint density at radius 2 is 2.00 bits per heavy atom. The number of hydrogen-bond acceptors (Lipinski definition) is 1. The van der Waals surface area contributed by atoms with Gasteiger partial charge in [0.2, 0.25) is 0 Å². The van der Waals surface area contributed by atoms with Gasteiger partial charge >= 0.3 is 0 Å². The van der Waals surface area contributed by atoms with Crippen LogP contribution in [0.15, 0.2) is 18.2 Å². The molecule has 0 aliphatic rings. The number of carbonyl (C=O) groups is 1. The highest BCUT2D eigenvalue weighted by atomic mass is 19.1. The van der Waals surface area contributed by atoms with Crippen LogP contribution in [-0.4, -0.2) is 5.78 Å². The smallest absolute Gasteiger partial charge is 0.165 e. The number of carbonyl (C=O) groups excluding carboxylic acids is 1. The molecule has 1 rings (SSSR count). The predicted molar refractivity (Wildman–Crippen MR) is 54.8 cm³/mol. The summed E-state index contributed by atoms with van der Waals surface area (Å²) in [5.74, 6) is -1.67. The first kappa shape index (κ1) is 11.8. The molecule has 15 heavy (non-hydrogen) atoms. The monoisotopic (exact) mass is 212 g/mol. The lowest BCUT2D eigenvalue weighted by Crippen LogP contribution is -2.02. The Bertz CT molecular complexity index is 347. The molecule has 0 aliphatic carbocycles. The minimum Gasteiger partial charge on any atom is -0.294 e. The largest absolute Gasteiger partial charge is 0.294 e. The van der Waals surface area contributed by atoms with Crippen LogP contribution >= 0.6 is 0 Å². The zero-order valence-corrected chi connectivity index (χ0v) is 8.72. The number of benzene rings is 1. The topological polar surface area (TPSA) is 17.1 Å². The van der Waals surface area contributed by atoms with Crippen molar-refractivity contribution < 1.29 is 13.6 Å². The number of Topliss-reactive ketones (excluding diaryl/α,β-unsaturated/α-hetero) is 1. The van der Waals surface area contributed by atoms with Crippen molar-refractivity contribution >= 4 is 5.78 Å². The van der Waals surface area contributed by atoms with Gasteiger partial charge in [-0.05, 0) is 18.6 Å². The molecule has 1 nitrogen and oxygen atoms in total. The van der Waals surface area contributed by atoms with Gasteiger partial charge in [0.15, 0.2) is 5.78 Å². The van der Waals surface area contributed by atoms with E-state index < -0.39 is 11.6 Å². The van der Waals surface area contributed by atoms with Crippen molar-refractivity contribution in [1.82, 2.24) is 0 Å². The van der Waals surface area contributed by atoms with Crippen LogP contribution in [0.4, 0.5) is 8.78 Å². The summed E-state index contributed by atoms with van der Waals surface area (Å²) in [7, 11) is 0. The summed E-state index contributed by atoms with van der Waals surface area (Å²) in [5, 5.41) is 0. The van der Waals surface area contributed by atoms with Crippen LogP contribution in [0.1, 0.15) is 43.0 Å². The second-order valence-electron chi connectivity index (χ2n) is 3.50. The van der Waals surface area contributed by atoms with Crippen molar-refractivity contribution in [2.45, 2.75) is 32.6 Å². The average molecular weight is 212 g/mol. The number of unbranched alkanes of at least 4 members (excludes halogenated alkanes) is 2. The first-order valence-corrected chi connectivity index (χ1v) is 5.13. The SMILES string of the molecule is CCCCCC(=O)c1ccc(F)cc1F. The highest BCUT2D eigenvalue weighted by molar-refractivity contribution is 5.96. The summed E-state index contributed by atoms with van der Waals surface area (Å²) in [6.07, 6.45) is 3.05. The van der Waals surface area contributed by atoms with Crippen LogP contribution in [0.25, 0.3) is 0 Å². The van der Waals surface area contributed by atoms with Gasteiger partial charge in [-0.15, -0.1) is 0 Å². The van der Waals surface area contributed by atoms with Gasteiger partial charge in [-0.2, -0.15) is 0 Å². The molecule has 0 aliphatic heterocycles. The van der Waals surface area contributed by atoms with E-state index >= 15 is 0 Å². The predicted octanol–water partition coefficient (Wildman–Crippen LogP) is 3.73. The first-order valence-electron chi connectivity index (χ1n) is 5.13. The molecule has 0 saturated heterocycles. The van der Waals surface area contributed by atoms with E-state index in [-0.39, 0.29) is 11.3 Å². The maximum absolute atomic E-state index is 13.1. The molecule has 0 amide bonds.